The molecule has 3 rings (SSSR count). The molecule has 19 heavy (non-hydrogen) atoms. The van der Waals surface area contributed by atoms with E-state index >= 15 is 0 Å². The first-order chi connectivity index (χ1) is 9.13. The highest BCUT2D eigenvalue weighted by Gasteiger charge is 2.17. The Labute approximate surface area is 129 Å². The van der Waals surface area contributed by atoms with Crippen LogP contribution < -0.4 is 0 Å². The summed E-state index contributed by atoms with van der Waals surface area (Å²) in [6, 6.07) is 8.33. The van der Waals surface area contributed by atoms with Crippen LogP contribution in [0.4, 0.5) is 0 Å². The zero-order chi connectivity index (χ0) is 13.4. The van der Waals surface area contributed by atoms with Gasteiger partial charge in [-0.3, -0.25) is 0 Å². The summed E-state index contributed by atoms with van der Waals surface area (Å²) >= 11 is 6.64. The molecule has 1 aliphatic rings. The molecule has 4 heteroatoms. The third-order valence-electron chi connectivity index (χ3n) is 3.58. The summed E-state index contributed by atoms with van der Waals surface area (Å²) in [5.74, 6) is 0.583. The van der Waals surface area contributed by atoms with Crippen molar-refractivity contribution in [3.05, 3.63) is 55.9 Å². The molecule has 0 fully saturated rings. The van der Waals surface area contributed by atoms with E-state index in [1.807, 2.05) is 6.07 Å². The maximum atomic E-state index is 10.2. The molecule has 0 saturated heterocycles. The number of hydrogen-bond acceptors (Lipinski definition) is 2. The maximum Gasteiger partial charge on any atom is 0.183 e. The van der Waals surface area contributed by atoms with Crippen molar-refractivity contribution >= 4 is 31.9 Å². The van der Waals surface area contributed by atoms with Gasteiger partial charge in [0.05, 0.1) is 4.47 Å². The molecule has 2 aromatic rings. The number of benzene rings is 1. The van der Waals surface area contributed by atoms with E-state index in [4.69, 9.17) is 4.42 Å². The highest BCUT2D eigenvalue weighted by atomic mass is 79.9. The van der Waals surface area contributed by atoms with Crippen molar-refractivity contribution < 1.29 is 9.52 Å². The second-order valence-electron chi connectivity index (χ2n) is 4.95. The van der Waals surface area contributed by atoms with Gasteiger partial charge < -0.3 is 9.52 Å². The van der Waals surface area contributed by atoms with Gasteiger partial charge in [0.1, 0.15) is 11.9 Å². The van der Waals surface area contributed by atoms with E-state index in [9.17, 15) is 5.11 Å². The molecule has 0 saturated carbocycles. The van der Waals surface area contributed by atoms with Gasteiger partial charge >= 0.3 is 0 Å². The molecular formula is C15H14Br2O2. The molecule has 0 bridgehead atoms. The summed E-state index contributed by atoms with van der Waals surface area (Å²) in [5, 5.41) is 10.2. The van der Waals surface area contributed by atoms with Crippen molar-refractivity contribution in [3.63, 3.8) is 0 Å². The Morgan fingerprint density at radius 3 is 2.68 bits per heavy atom. The zero-order valence-electron chi connectivity index (χ0n) is 10.3. The zero-order valence-corrected chi connectivity index (χ0v) is 13.5. The van der Waals surface area contributed by atoms with Crippen LogP contribution in [-0.4, -0.2) is 5.11 Å². The predicted octanol–water partition coefficient (Wildman–Crippen LogP) is 4.57. The van der Waals surface area contributed by atoms with Gasteiger partial charge in [0, 0.05) is 6.42 Å². The highest BCUT2D eigenvalue weighted by Crippen LogP contribution is 2.32. The van der Waals surface area contributed by atoms with E-state index in [2.05, 4.69) is 50.1 Å². The monoisotopic (exact) mass is 384 g/mol. The van der Waals surface area contributed by atoms with Crippen LogP contribution in [0.15, 0.2) is 37.8 Å². The summed E-state index contributed by atoms with van der Waals surface area (Å²) in [6.45, 7) is 0. The first kappa shape index (κ1) is 13.4. The summed E-state index contributed by atoms with van der Waals surface area (Å²) in [4.78, 5) is 0. The molecule has 100 valence electrons. The van der Waals surface area contributed by atoms with Gasteiger partial charge in [0.2, 0.25) is 0 Å². The maximum absolute atomic E-state index is 10.2. The summed E-state index contributed by atoms with van der Waals surface area (Å²) in [5.41, 5.74) is 4.06. The van der Waals surface area contributed by atoms with Gasteiger partial charge in [-0.15, -0.1) is 0 Å². The van der Waals surface area contributed by atoms with E-state index in [1.54, 1.807) is 0 Å². The average molecular weight is 386 g/mol. The molecule has 1 aromatic heterocycles. The lowest BCUT2D eigenvalue weighted by molar-refractivity contribution is 0.149. The lowest BCUT2D eigenvalue weighted by Crippen LogP contribution is -2.01. The first-order valence-corrected chi connectivity index (χ1v) is 7.95. The standard InChI is InChI=1S/C15H14Br2O2/c16-12-8-14(19-15(12)17)13(18)7-9-4-5-10-2-1-3-11(10)6-9/h4-6,8,13,18H,1-3,7H2. The molecule has 2 nitrogen and oxygen atoms in total. The molecule has 1 unspecified atom stereocenters. The largest absolute Gasteiger partial charge is 0.450 e. The molecule has 0 aliphatic heterocycles. The molecule has 1 aromatic carbocycles. The molecule has 0 spiro atoms. The molecule has 1 N–H and O–H groups in total. The summed E-state index contributed by atoms with van der Waals surface area (Å²) in [6.07, 6.45) is 3.58. The van der Waals surface area contributed by atoms with Crippen LogP contribution in [0.3, 0.4) is 0 Å². The van der Waals surface area contributed by atoms with Crippen LogP contribution in [0.1, 0.15) is 35.0 Å². The second-order valence-corrected chi connectivity index (χ2v) is 6.52. The Kier molecular flexibility index (Phi) is 3.83. The Bertz CT molecular complexity index is 585. The van der Waals surface area contributed by atoms with Crippen LogP contribution in [0, 0.1) is 0 Å². The van der Waals surface area contributed by atoms with Crippen molar-refractivity contribution in [1.82, 2.24) is 0 Å². The number of hydrogen-bond donors (Lipinski definition) is 1. The van der Waals surface area contributed by atoms with Gasteiger partial charge in [0.15, 0.2) is 4.67 Å². The van der Waals surface area contributed by atoms with Gasteiger partial charge in [-0.05, 0) is 73.9 Å². The summed E-state index contributed by atoms with van der Waals surface area (Å²) < 4.78 is 6.91. The minimum absolute atomic E-state index is 0.583. The van der Waals surface area contributed by atoms with Crippen LogP contribution in [0.2, 0.25) is 0 Å². The average Bonchev–Trinajstić information content (AvgIpc) is 2.96. The predicted molar refractivity (Wildman–Crippen MR) is 81.2 cm³/mol. The molecule has 1 atom stereocenters. The molecule has 0 amide bonds. The van der Waals surface area contributed by atoms with Gasteiger partial charge in [-0.25, -0.2) is 0 Å². The van der Waals surface area contributed by atoms with Gasteiger partial charge in [0.25, 0.3) is 0 Å². The second kappa shape index (κ2) is 5.43. The lowest BCUT2D eigenvalue weighted by Gasteiger charge is -2.09. The minimum Gasteiger partial charge on any atom is -0.450 e. The van der Waals surface area contributed by atoms with E-state index in [0.29, 0.717) is 16.9 Å². The molecule has 1 aliphatic carbocycles. The lowest BCUT2D eigenvalue weighted by atomic mass is 10.0. The normalized spacial score (nSPS) is 15.5. The van der Waals surface area contributed by atoms with Crippen LogP contribution >= 0.6 is 31.9 Å². The SMILES string of the molecule is OC(Cc1ccc2c(c1)CCC2)c1cc(Br)c(Br)o1. The Morgan fingerprint density at radius 2 is 1.95 bits per heavy atom. The first-order valence-electron chi connectivity index (χ1n) is 6.37. The van der Waals surface area contributed by atoms with E-state index in [-0.39, 0.29) is 0 Å². The van der Waals surface area contributed by atoms with E-state index in [1.165, 1.54) is 24.0 Å². The summed E-state index contributed by atoms with van der Waals surface area (Å²) in [7, 11) is 0. The van der Waals surface area contributed by atoms with Crippen LogP contribution in [0.25, 0.3) is 0 Å². The van der Waals surface area contributed by atoms with Crippen molar-refractivity contribution in [2.45, 2.75) is 31.8 Å². The topological polar surface area (TPSA) is 33.4 Å². The van der Waals surface area contributed by atoms with Crippen molar-refractivity contribution in [2.75, 3.05) is 0 Å². The van der Waals surface area contributed by atoms with Gasteiger partial charge in [-0.2, -0.15) is 0 Å². The number of aliphatic hydroxyl groups excluding tert-OH is 1. The fourth-order valence-electron chi connectivity index (χ4n) is 2.60. The molecule has 0 radical (unpaired) electrons. The minimum atomic E-state index is -0.609. The van der Waals surface area contributed by atoms with Crippen LogP contribution in [0.5, 0.6) is 0 Å². The van der Waals surface area contributed by atoms with Crippen LogP contribution in [-0.2, 0) is 19.3 Å². The number of aryl methyl sites for hydroxylation is 2. The third-order valence-corrected chi connectivity index (χ3v) is 5.29. The Morgan fingerprint density at radius 1 is 1.16 bits per heavy atom. The van der Waals surface area contributed by atoms with Crippen molar-refractivity contribution in [1.29, 1.82) is 0 Å². The Hall–Kier alpha value is -0.580. The number of aliphatic hydroxyl groups is 1. The highest BCUT2D eigenvalue weighted by molar-refractivity contribution is 9.13. The fraction of sp³-hybridized carbons (Fsp3) is 0.333. The fourth-order valence-corrected chi connectivity index (χ4v) is 3.21. The third kappa shape index (κ3) is 2.81. The quantitative estimate of drug-likeness (QED) is 0.839. The van der Waals surface area contributed by atoms with Crippen molar-refractivity contribution in [2.24, 2.45) is 0 Å². The smallest absolute Gasteiger partial charge is 0.183 e. The molecule has 1 heterocycles. The van der Waals surface area contributed by atoms with Gasteiger partial charge in [-0.1, -0.05) is 18.2 Å². The number of halogens is 2. The van der Waals surface area contributed by atoms with E-state index in [0.717, 1.165) is 16.5 Å². The number of rotatable bonds is 3. The van der Waals surface area contributed by atoms with Crippen molar-refractivity contribution in [3.8, 4) is 0 Å². The number of furan rings is 1. The number of fused-ring (bicyclic) bond motifs is 1. The molecular weight excluding hydrogens is 372 g/mol. The van der Waals surface area contributed by atoms with E-state index < -0.39 is 6.10 Å². The Balaban J connectivity index is 1.77.